The SMILES string of the molecule is CCNc1nc(-c2cc(O[C@@H]3C[C@H]4C(=O)N[C@]5(C(=O)O)CC5CCCCCCC[C@H](NC(=O)OC(C)(C)C)C(=O)N4C3)c3ccc(OC)cc3n2)cs1. The first-order valence-electron chi connectivity index (χ1n) is 18.5. The third kappa shape index (κ3) is 8.77. The number of pyridine rings is 1. The maximum Gasteiger partial charge on any atom is 0.408 e. The van der Waals surface area contributed by atoms with Crippen LogP contribution < -0.4 is 25.4 Å². The molecule has 1 saturated carbocycles. The van der Waals surface area contributed by atoms with Crippen molar-refractivity contribution in [1.29, 1.82) is 0 Å². The van der Waals surface area contributed by atoms with Crippen LogP contribution in [0.2, 0.25) is 0 Å². The first-order chi connectivity index (χ1) is 25.3. The van der Waals surface area contributed by atoms with Gasteiger partial charge < -0.3 is 40.2 Å². The normalized spacial score (nSPS) is 25.3. The molecule has 3 amide bonds. The number of hydrogen-bond acceptors (Lipinski definition) is 11. The van der Waals surface area contributed by atoms with Crippen LogP contribution in [0, 0.1) is 5.92 Å². The van der Waals surface area contributed by atoms with E-state index in [1.165, 1.54) is 16.2 Å². The molecule has 3 aromatic rings. The Hall–Kier alpha value is -4.66. The van der Waals surface area contributed by atoms with Gasteiger partial charge in [-0.15, -0.1) is 11.3 Å². The quantitative estimate of drug-likeness (QED) is 0.220. The molecule has 6 rings (SSSR count). The number of hydrogen-bond donors (Lipinski definition) is 4. The highest BCUT2D eigenvalue weighted by atomic mass is 32.1. The van der Waals surface area contributed by atoms with Crippen LogP contribution in [0.3, 0.4) is 0 Å². The Morgan fingerprint density at radius 3 is 2.55 bits per heavy atom. The second-order valence-corrected chi connectivity index (χ2v) is 16.0. The molecule has 1 aliphatic carbocycles. The van der Waals surface area contributed by atoms with Crippen molar-refractivity contribution in [3.05, 3.63) is 29.6 Å². The summed E-state index contributed by atoms with van der Waals surface area (Å²) in [5, 5.41) is 22.5. The average molecular weight is 751 g/mol. The summed E-state index contributed by atoms with van der Waals surface area (Å²) in [7, 11) is 1.58. The summed E-state index contributed by atoms with van der Waals surface area (Å²) in [6.45, 7) is 7.99. The monoisotopic (exact) mass is 750 g/mol. The lowest BCUT2D eigenvalue weighted by Gasteiger charge is -2.30. The average Bonchev–Trinajstić information content (AvgIpc) is 3.38. The molecule has 3 fully saturated rings. The fourth-order valence-corrected chi connectivity index (χ4v) is 8.11. The number of carbonyl (C=O) groups is 4. The molecular weight excluding hydrogens is 701 g/mol. The number of aliphatic carboxylic acids is 1. The van der Waals surface area contributed by atoms with Gasteiger partial charge in [-0.1, -0.05) is 32.1 Å². The highest BCUT2D eigenvalue weighted by Crippen LogP contribution is 2.47. The molecule has 0 bridgehead atoms. The first-order valence-corrected chi connectivity index (χ1v) is 19.4. The molecule has 15 heteroatoms. The number of benzene rings is 1. The molecule has 0 radical (unpaired) electrons. The van der Waals surface area contributed by atoms with Crippen molar-refractivity contribution in [2.24, 2.45) is 5.92 Å². The molecular formula is C38H50N6O8S. The lowest BCUT2D eigenvalue weighted by molar-refractivity contribution is -0.146. The van der Waals surface area contributed by atoms with E-state index >= 15 is 0 Å². The number of rotatable bonds is 8. The number of ether oxygens (including phenoxy) is 3. The summed E-state index contributed by atoms with van der Waals surface area (Å²) in [5.41, 5.74) is -0.304. The highest BCUT2D eigenvalue weighted by molar-refractivity contribution is 7.14. The number of carboxylic acids is 1. The third-order valence-electron chi connectivity index (χ3n) is 10.1. The minimum absolute atomic E-state index is 0.0312. The molecule has 14 nitrogen and oxygen atoms in total. The Morgan fingerprint density at radius 2 is 1.83 bits per heavy atom. The molecule has 53 heavy (non-hydrogen) atoms. The lowest BCUT2D eigenvalue weighted by atomic mass is 10.0. The van der Waals surface area contributed by atoms with Gasteiger partial charge in [0.1, 0.15) is 46.5 Å². The van der Waals surface area contributed by atoms with E-state index in [2.05, 4.69) is 20.9 Å². The number of aromatic nitrogens is 2. The van der Waals surface area contributed by atoms with Crippen molar-refractivity contribution in [2.75, 3.05) is 25.5 Å². The zero-order valence-electron chi connectivity index (χ0n) is 31.0. The number of carbonyl (C=O) groups excluding carboxylic acids is 3. The molecule has 1 aromatic carbocycles. The molecule has 286 valence electrons. The summed E-state index contributed by atoms with van der Waals surface area (Å²) < 4.78 is 17.7. The number of methoxy groups -OCH3 is 1. The van der Waals surface area contributed by atoms with E-state index in [-0.39, 0.29) is 18.9 Å². The van der Waals surface area contributed by atoms with Crippen LogP contribution in [0.5, 0.6) is 11.5 Å². The van der Waals surface area contributed by atoms with E-state index in [9.17, 15) is 24.3 Å². The van der Waals surface area contributed by atoms with Crippen molar-refractivity contribution in [3.8, 4) is 22.9 Å². The van der Waals surface area contributed by atoms with Gasteiger partial charge in [0.2, 0.25) is 11.8 Å². The minimum Gasteiger partial charge on any atom is -0.497 e. The number of carboxylic acid groups (broad SMARTS) is 1. The van der Waals surface area contributed by atoms with Gasteiger partial charge in [0, 0.05) is 35.9 Å². The Morgan fingerprint density at radius 1 is 1.08 bits per heavy atom. The van der Waals surface area contributed by atoms with Crippen LogP contribution in [-0.4, -0.2) is 93.4 Å². The van der Waals surface area contributed by atoms with Crippen molar-refractivity contribution in [1.82, 2.24) is 25.5 Å². The van der Waals surface area contributed by atoms with Gasteiger partial charge in [-0.05, 0) is 65.0 Å². The predicted molar refractivity (Wildman–Crippen MR) is 200 cm³/mol. The maximum absolute atomic E-state index is 14.5. The van der Waals surface area contributed by atoms with Crippen LogP contribution in [-0.2, 0) is 19.1 Å². The third-order valence-corrected chi connectivity index (χ3v) is 10.9. The van der Waals surface area contributed by atoms with Crippen LogP contribution in [0.4, 0.5) is 9.93 Å². The molecule has 5 atom stereocenters. The Labute approximate surface area is 313 Å². The van der Waals surface area contributed by atoms with Crippen molar-refractivity contribution in [2.45, 2.75) is 115 Å². The first kappa shape index (κ1) is 38.1. The highest BCUT2D eigenvalue weighted by Gasteiger charge is 2.62. The zero-order valence-corrected chi connectivity index (χ0v) is 31.8. The minimum atomic E-state index is -1.37. The Kier molecular flexibility index (Phi) is 11.3. The number of fused-ring (bicyclic) bond motifs is 3. The van der Waals surface area contributed by atoms with Gasteiger partial charge in [-0.3, -0.25) is 9.59 Å². The predicted octanol–water partition coefficient (Wildman–Crippen LogP) is 5.74. The van der Waals surface area contributed by atoms with Gasteiger partial charge >= 0.3 is 12.1 Å². The summed E-state index contributed by atoms with van der Waals surface area (Å²) in [6.07, 6.45) is 4.35. The molecule has 0 spiro atoms. The second kappa shape index (κ2) is 15.7. The summed E-state index contributed by atoms with van der Waals surface area (Å²) in [6, 6.07) is 5.28. The van der Waals surface area contributed by atoms with Gasteiger partial charge in [0.15, 0.2) is 5.13 Å². The number of anilines is 1. The fourth-order valence-electron chi connectivity index (χ4n) is 7.34. The summed E-state index contributed by atoms with van der Waals surface area (Å²) in [5.74, 6) is -1.15. The Bertz CT molecular complexity index is 1840. The number of alkyl carbamates (subject to hydrolysis) is 1. The van der Waals surface area contributed by atoms with E-state index in [1.807, 2.05) is 30.5 Å². The van der Waals surface area contributed by atoms with E-state index in [1.54, 1.807) is 33.9 Å². The van der Waals surface area contributed by atoms with Crippen LogP contribution in [0.25, 0.3) is 22.3 Å². The number of nitrogens with zero attached hydrogens (tertiary/aromatic N) is 3. The summed E-state index contributed by atoms with van der Waals surface area (Å²) >= 11 is 1.46. The zero-order chi connectivity index (χ0) is 37.9. The maximum atomic E-state index is 14.5. The van der Waals surface area contributed by atoms with Gasteiger partial charge in [0.25, 0.3) is 0 Å². The van der Waals surface area contributed by atoms with Gasteiger partial charge in [-0.2, -0.15) is 0 Å². The molecule has 2 aliphatic heterocycles. The summed E-state index contributed by atoms with van der Waals surface area (Å²) in [4.78, 5) is 65.1. The second-order valence-electron chi connectivity index (χ2n) is 15.1. The molecule has 4 N–H and O–H groups in total. The number of thiazole rings is 1. The van der Waals surface area contributed by atoms with Crippen LogP contribution >= 0.6 is 11.3 Å². The number of amides is 3. The molecule has 2 saturated heterocycles. The molecule has 4 heterocycles. The van der Waals surface area contributed by atoms with E-state index in [0.29, 0.717) is 59.5 Å². The van der Waals surface area contributed by atoms with Crippen molar-refractivity contribution >= 4 is 51.2 Å². The topological polar surface area (TPSA) is 181 Å². The lowest BCUT2D eigenvalue weighted by Crippen LogP contribution is -2.56. The largest absolute Gasteiger partial charge is 0.497 e. The smallest absolute Gasteiger partial charge is 0.408 e. The standard InChI is InChI=1S/C38H50N6O8S/c1-6-39-35-41-29(21-53-35)28-18-31(25-15-14-23(50-5)16-27(25)40-28)51-24-17-30-32(45)43-38(34(47)48)19-22(38)12-10-8-7-9-11-13-26(33(46)44(30)20-24)42-36(49)52-37(2,3)4/h14-16,18,21-22,24,26,30H,6-13,17,19-20H2,1-5H3,(H,39,41)(H,42,49)(H,43,45)(H,47,48)/t22?,24-,26+,30+,38-/m1/s1. The van der Waals surface area contributed by atoms with Gasteiger partial charge in [-0.25, -0.2) is 19.6 Å². The van der Waals surface area contributed by atoms with Crippen LogP contribution in [0.1, 0.15) is 85.5 Å². The Balaban J connectivity index is 1.34. The molecule has 2 aromatic heterocycles. The van der Waals surface area contributed by atoms with Gasteiger partial charge in [0.05, 0.1) is 24.9 Å². The van der Waals surface area contributed by atoms with Crippen molar-refractivity contribution < 1.29 is 38.5 Å². The van der Waals surface area contributed by atoms with Crippen molar-refractivity contribution in [3.63, 3.8) is 0 Å². The van der Waals surface area contributed by atoms with E-state index in [0.717, 1.165) is 37.4 Å². The molecule has 3 aliphatic rings. The van der Waals surface area contributed by atoms with E-state index < -0.39 is 53.2 Å². The van der Waals surface area contributed by atoms with E-state index in [4.69, 9.17) is 19.2 Å². The number of nitrogens with one attached hydrogen (secondary N) is 3. The molecule has 1 unspecified atom stereocenters. The fraction of sp³-hybridized carbons (Fsp3) is 0.579. The van der Waals surface area contributed by atoms with Crippen LogP contribution in [0.15, 0.2) is 29.6 Å².